The number of carbonyl (C=O) groups is 2. The Bertz CT molecular complexity index is 1420. The Balaban J connectivity index is 1.71. The van der Waals surface area contributed by atoms with Crippen LogP contribution in [0.2, 0.25) is 5.02 Å². The van der Waals surface area contributed by atoms with E-state index < -0.39 is 23.6 Å². The van der Waals surface area contributed by atoms with Crippen molar-refractivity contribution in [2.24, 2.45) is 0 Å². The molecule has 0 saturated heterocycles. The number of amides is 2. The molecule has 1 atom stereocenters. The Morgan fingerprint density at radius 1 is 1.18 bits per heavy atom. The molecule has 11 heteroatoms. The smallest absolute Gasteiger partial charge is 0.408 e. The highest BCUT2D eigenvalue weighted by Gasteiger charge is 2.34. The van der Waals surface area contributed by atoms with Gasteiger partial charge < -0.3 is 24.5 Å². The van der Waals surface area contributed by atoms with Gasteiger partial charge in [0.1, 0.15) is 11.4 Å². The molecule has 2 N–H and O–H groups in total. The van der Waals surface area contributed by atoms with Crippen molar-refractivity contribution in [2.45, 2.75) is 70.0 Å². The molecule has 202 valence electrons. The molecule has 0 fully saturated rings. The summed E-state index contributed by atoms with van der Waals surface area (Å²) < 4.78 is 12.3. The number of aromatic nitrogens is 2. The van der Waals surface area contributed by atoms with Gasteiger partial charge in [-0.25, -0.2) is 4.79 Å². The van der Waals surface area contributed by atoms with Crippen LogP contribution >= 0.6 is 23.4 Å². The molecule has 3 aromatic rings. The molecule has 0 radical (unpaired) electrons. The topological polar surface area (TPSA) is 115 Å². The van der Waals surface area contributed by atoms with Gasteiger partial charge >= 0.3 is 6.09 Å². The summed E-state index contributed by atoms with van der Waals surface area (Å²) in [6.45, 7) is 11.4. The number of rotatable bonds is 5. The summed E-state index contributed by atoms with van der Waals surface area (Å²) in [5.74, 6) is 0.843. The fraction of sp³-hybridized carbons (Fsp3) is 0.407. The minimum absolute atomic E-state index is 0.214. The monoisotopic (exact) mass is 558 g/mol. The first-order valence-electron chi connectivity index (χ1n) is 12.1. The summed E-state index contributed by atoms with van der Waals surface area (Å²) in [7, 11) is 0. The quantitative estimate of drug-likeness (QED) is 0.409. The predicted octanol–water partition coefficient (Wildman–Crippen LogP) is 5.76. The van der Waals surface area contributed by atoms with E-state index >= 15 is 0 Å². The van der Waals surface area contributed by atoms with Gasteiger partial charge in [0.15, 0.2) is 5.82 Å². The summed E-state index contributed by atoms with van der Waals surface area (Å²) in [6, 6.07) is 8.17. The molecule has 38 heavy (non-hydrogen) atoms. The fourth-order valence-electron chi connectivity index (χ4n) is 3.88. The lowest BCUT2D eigenvalue weighted by molar-refractivity contribution is 0.0508. The van der Waals surface area contributed by atoms with Crippen LogP contribution in [0.5, 0.6) is 0 Å². The zero-order chi connectivity index (χ0) is 27.8. The SMILES string of the molecule is CC(C)(C)OC(=O)N[C@H]1CSc2c(C(=O)Nc3cc(C(C)(C)C)on3)cn(Cc3ccc(Cl)cc3)c(=O)c21. The van der Waals surface area contributed by atoms with Crippen molar-refractivity contribution in [3.63, 3.8) is 0 Å². The number of alkyl carbamates (subject to hydrolysis) is 1. The van der Waals surface area contributed by atoms with Crippen LogP contribution in [-0.2, 0) is 16.7 Å². The minimum atomic E-state index is -0.696. The number of thioether (sulfide) groups is 1. The van der Waals surface area contributed by atoms with Gasteiger partial charge in [0.25, 0.3) is 11.5 Å². The van der Waals surface area contributed by atoms with E-state index in [4.69, 9.17) is 20.9 Å². The molecule has 1 aromatic carbocycles. The van der Waals surface area contributed by atoms with Crippen LogP contribution in [0, 0.1) is 0 Å². The number of halogens is 1. The van der Waals surface area contributed by atoms with E-state index in [2.05, 4.69) is 15.8 Å². The molecule has 3 heterocycles. The van der Waals surface area contributed by atoms with Crippen LogP contribution in [0.15, 0.2) is 50.7 Å². The number of fused-ring (bicyclic) bond motifs is 1. The maximum absolute atomic E-state index is 13.6. The lowest BCUT2D eigenvalue weighted by Crippen LogP contribution is -2.38. The lowest BCUT2D eigenvalue weighted by atomic mass is 9.93. The number of carbonyl (C=O) groups excluding carboxylic acids is 2. The molecule has 9 nitrogen and oxygen atoms in total. The average Bonchev–Trinajstić information content (AvgIpc) is 3.43. The Kier molecular flexibility index (Phi) is 7.67. The zero-order valence-corrected chi connectivity index (χ0v) is 23.7. The summed E-state index contributed by atoms with van der Waals surface area (Å²) in [6.07, 6.45) is 0.908. The lowest BCUT2D eigenvalue weighted by Gasteiger charge is -2.22. The number of hydrogen-bond donors (Lipinski definition) is 2. The first-order chi connectivity index (χ1) is 17.7. The van der Waals surface area contributed by atoms with Gasteiger partial charge in [0, 0.05) is 33.3 Å². The molecule has 0 saturated carbocycles. The van der Waals surface area contributed by atoms with Crippen molar-refractivity contribution in [1.29, 1.82) is 0 Å². The van der Waals surface area contributed by atoms with E-state index in [1.54, 1.807) is 45.2 Å². The second-order valence-corrected chi connectivity index (χ2v) is 12.6. The molecule has 0 aliphatic carbocycles. The van der Waals surface area contributed by atoms with Crippen LogP contribution < -0.4 is 16.2 Å². The third kappa shape index (κ3) is 6.42. The molecular formula is C27H31ClN4O5S. The molecule has 1 aliphatic heterocycles. The van der Waals surface area contributed by atoms with E-state index in [0.29, 0.717) is 32.6 Å². The van der Waals surface area contributed by atoms with Crippen LogP contribution in [0.4, 0.5) is 10.6 Å². The van der Waals surface area contributed by atoms with Crippen molar-refractivity contribution in [1.82, 2.24) is 15.0 Å². The summed E-state index contributed by atoms with van der Waals surface area (Å²) in [4.78, 5) is 40.1. The second-order valence-electron chi connectivity index (χ2n) is 11.1. The molecule has 4 rings (SSSR count). The number of benzene rings is 1. The van der Waals surface area contributed by atoms with Gasteiger partial charge in [-0.3, -0.25) is 9.59 Å². The number of nitrogens with one attached hydrogen (secondary N) is 2. The van der Waals surface area contributed by atoms with Crippen molar-refractivity contribution >= 4 is 41.2 Å². The summed E-state index contributed by atoms with van der Waals surface area (Å²) in [5.41, 5.74) is 0.203. The van der Waals surface area contributed by atoms with Crippen LogP contribution in [0.3, 0.4) is 0 Å². The fourth-order valence-corrected chi connectivity index (χ4v) is 5.28. The number of ether oxygens (including phenoxy) is 1. The first kappa shape index (κ1) is 27.8. The third-order valence-electron chi connectivity index (χ3n) is 5.70. The van der Waals surface area contributed by atoms with E-state index in [-0.39, 0.29) is 23.3 Å². The molecule has 0 unspecified atom stereocenters. The molecule has 2 amide bonds. The van der Waals surface area contributed by atoms with Crippen molar-refractivity contribution < 1.29 is 18.8 Å². The van der Waals surface area contributed by atoms with Crippen LogP contribution in [0.1, 0.15) is 74.8 Å². The highest BCUT2D eigenvalue weighted by Crippen LogP contribution is 2.39. The van der Waals surface area contributed by atoms with Gasteiger partial charge in [-0.1, -0.05) is 49.7 Å². The highest BCUT2D eigenvalue weighted by molar-refractivity contribution is 7.99. The highest BCUT2D eigenvalue weighted by atomic mass is 35.5. The largest absolute Gasteiger partial charge is 0.444 e. The van der Waals surface area contributed by atoms with Gasteiger partial charge in [0.2, 0.25) is 0 Å². The molecular weight excluding hydrogens is 528 g/mol. The number of pyridine rings is 1. The zero-order valence-electron chi connectivity index (χ0n) is 22.2. The van der Waals surface area contributed by atoms with Gasteiger partial charge in [-0.15, -0.1) is 11.8 Å². The van der Waals surface area contributed by atoms with Crippen LogP contribution in [0.25, 0.3) is 0 Å². The Morgan fingerprint density at radius 2 is 1.87 bits per heavy atom. The van der Waals surface area contributed by atoms with Crippen molar-refractivity contribution in [3.8, 4) is 0 Å². The van der Waals surface area contributed by atoms with Crippen LogP contribution in [-0.4, -0.2) is 33.1 Å². The van der Waals surface area contributed by atoms with Gasteiger partial charge in [0.05, 0.1) is 23.7 Å². The normalized spacial score (nSPS) is 15.2. The standard InChI is InChI=1S/C27H31ClN4O5S/c1-26(2,3)19-11-20(31-37-19)30-23(33)17-13-32(12-15-7-9-16(28)10-8-15)24(34)21-18(14-38-22(17)21)29-25(35)36-27(4,5)6/h7-11,13,18H,12,14H2,1-6H3,(H,29,35)(H,30,31,33)/t18-/m0/s1. The maximum atomic E-state index is 13.6. The van der Waals surface area contributed by atoms with Crippen molar-refractivity contribution in [2.75, 3.05) is 11.1 Å². The Hall–Kier alpha value is -3.24. The Labute approximate surface area is 230 Å². The van der Waals surface area contributed by atoms with Gasteiger partial charge in [-0.2, -0.15) is 0 Å². The van der Waals surface area contributed by atoms with Gasteiger partial charge in [-0.05, 0) is 38.5 Å². The minimum Gasteiger partial charge on any atom is -0.444 e. The third-order valence-corrected chi connectivity index (χ3v) is 7.18. The van der Waals surface area contributed by atoms with E-state index in [1.807, 2.05) is 32.9 Å². The molecule has 0 bridgehead atoms. The number of nitrogens with zero attached hydrogens (tertiary/aromatic N) is 2. The summed E-state index contributed by atoms with van der Waals surface area (Å²) in [5, 5.41) is 10.1. The maximum Gasteiger partial charge on any atom is 0.408 e. The van der Waals surface area contributed by atoms with E-state index in [1.165, 1.54) is 16.3 Å². The molecule has 0 spiro atoms. The van der Waals surface area contributed by atoms with E-state index in [9.17, 15) is 14.4 Å². The average molecular weight is 559 g/mol. The van der Waals surface area contributed by atoms with Crippen molar-refractivity contribution in [3.05, 3.63) is 74.4 Å². The molecule has 2 aromatic heterocycles. The number of anilines is 1. The van der Waals surface area contributed by atoms with E-state index in [0.717, 1.165) is 5.56 Å². The predicted molar refractivity (Wildman–Crippen MR) is 147 cm³/mol. The number of hydrogen-bond acceptors (Lipinski definition) is 7. The first-order valence-corrected chi connectivity index (χ1v) is 13.5. The summed E-state index contributed by atoms with van der Waals surface area (Å²) >= 11 is 7.36. The molecule has 1 aliphatic rings. The second kappa shape index (κ2) is 10.5. The Morgan fingerprint density at radius 3 is 2.47 bits per heavy atom.